The van der Waals surface area contributed by atoms with Gasteiger partial charge in [-0.3, -0.25) is 4.79 Å². The number of rotatable bonds is 5. The van der Waals surface area contributed by atoms with E-state index in [1.165, 1.54) is 11.3 Å². The van der Waals surface area contributed by atoms with Crippen LogP contribution in [0, 0.1) is 0 Å². The van der Waals surface area contributed by atoms with Gasteiger partial charge in [-0.2, -0.15) is 0 Å². The van der Waals surface area contributed by atoms with E-state index in [1.807, 2.05) is 6.92 Å². The first kappa shape index (κ1) is 11.4. The molecule has 0 spiro atoms. The summed E-state index contributed by atoms with van der Waals surface area (Å²) in [6, 6.07) is 0. The minimum atomic E-state index is -0.0514. The van der Waals surface area contributed by atoms with Crippen molar-refractivity contribution in [1.29, 1.82) is 0 Å². The number of aromatic nitrogens is 2. The van der Waals surface area contributed by atoms with Crippen molar-refractivity contribution in [2.75, 3.05) is 11.2 Å². The first-order valence-corrected chi connectivity index (χ1v) is 5.79. The molecule has 1 N–H and O–H groups in total. The molecule has 0 unspecified atom stereocenters. The van der Waals surface area contributed by atoms with Crippen LogP contribution in [0.25, 0.3) is 0 Å². The van der Waals surface area contributed by atoms with Crippen molar-refractivity contribution in [2.24, 2.45) is 0 Å². The molecule has 78 valence electrons. The summed E-state index contributed by atoms with van der Waals surface area (Å²) in [5.74, 6) is 0.452. The van der Waals surface area contributed by atoms with E-state index in [1.54, 1.807) is 0 Å². The molecule has 0 bridgehead atoms. The van der Waals surface area contributed by atoms with Crippen molar-refractivity contribution in [1.82, 2.24) is 10.2 Å². The molecule has 0 atom stereocenters. The Kier molecular flexibility index (Phi) is 4.82. The van der Waals surface area contributed by atoms with Crippen LogP contribution in [0.2, 0.25) is 0 Å². The Morgan fingerprint density at radius 3 is 2.93 bits per heavy atom. The smallest absolute Gasteiger partial charge is 0.226 e. The number of hydrogen-bond donors (Lipinski definition) is 1. The topological polar surface area (TPSA) is 54.9 Å². The van der Waals surface area contributed by atoms with E-state index in [0.717, 1.165) is 11.4 Å². The van der Waals surface area contributed by atoms with Gasteiger partial charge in [0.05, 0.1) is 0 Å². The quantitative estimate of drug-likeness (QED) is 0.792. The molecule has 0 aliphatic heterocycles. The third-order valence-corrected chi connectivity index (χ3v) is 2.80. The third-order valence-electron chi connectivity index (χ3n) is 1.55. The molecule has 14 heavy (non-hydrogen) atoms. The Bertz CT molecular complexity index is 303. The van der Waals surface area contributed by atoms with Crippen LogP contribution in [0.15, 0.2) is 0 Å². The maximum Gasteiger partial charge on any atom is 0.226 e. The molecule has 1 heterocycles. The van der Waals surface area contributed by atoms with Crippen LogP contribution in [-0.2, 0) is 11.2 Å². The molecule has 4 nitrogen and oxygen atoms in total. The lowest BCUT2D eigenvalue weighted by Crippen LogP contribution is -2.10. The van der Waals surface area contributed by atoms with Crippen LogP contribution in [0.5, 0.6) is 0 Å². The standard InChI is InChI=1S/C8H12ClN3OS/c1-2-7-11-12-8(14-7)10-6(13)4-3-5-9/h2-5H2,1H3,(H,10,12,13). The summed E-state index contributed by atoms with van der Waals surface area (Å²) in [5, 5.41) is 11.9. The summed E-state index contributed by atoms with van der Waals surface area (Å²) in [7, 11) is 0. The van der Waals surface area contributed by atoms with Crippen LogP contribution >= 0.6 is 22.9 Å². The molecule has 0 radical (unpaired) electrons. The van der Waals surface area contributed by atoms with E-state index in [4.69, 9.17) is 11.6 Å². The maximum absolute atomic E-state index is 11.2. The largest absolute Gasteiger partial charge is 0.301 e. The highest BCUT2D eigenvalue weighted by Crippen LogP contribution is 2.15. The Morgan fingerprint density at radius 1 is 1.57 bits per heavy atom. The summed E-state index contributed by atoms with van der Waals surface area (Å²) in [6.07, 6.45) is 1.96. The average molecular weight is 234 g/mol. The number of anilines is 1. The van der Waals surface area contributed by atoms with Gasteiger partial charge in [-0.1, -0.05) is 18.3 Å². The van der Waals surface area contributed by atoms with Gasteiger partial charge < -0.3 is 5.32 Å². The van der Waals surface area contributed by atoms with Crippen molar-refractivity contribution in [3.63, 3.8) is 0 Å². The SMILES string of the molecule is CCc1nnc(NC(=O)CCCCl)s1. The second-order valence-corrected chi connectivity index (χ2v) is 4.14. The molecule has 1 amide bonds. The third kappa shape index (κ3) is 3.59. The second-order valence-electron chi connectivity index (χ2n) is 2.70. The minimum Gasteiger partial charge on any atom is -0.301 e. The van der Waals surface area contributed by atoms with E-state index >= 15 is 0 Å². The van der Waals surface area contributed by atoms with Crippen LogP contribution < -0.4 is 5.32 Å². The second kappa shape index (κ2) is 5.93. The number of nitrogens with zero attached hydrogens (tertiary/aromatic N) is 2. The zero-order valence-corrected chi connectivity index (χ0v) is 9.49. The highest BCUT2D eigenvalue weighted by atomic mass is 35.5. The number of halogens is 1. The van der Waals surface area contributed by atoms with E-state index in [0.29, 0.717) is 23.9 Å². The van der Waals surface area contributed by atoms with Gasteiger partial charge in [-0.15, -0.1) is 21.8 Å². The lowest BCUT2D eigenvalue weighted by molar-refractivity contribution is -0.116. The molecule has 0 aromatic carbocycles. The van der Waals surface area contributed by atoms with E-state index in [-0.39, 0.29) is 5.91 Å². The van der Waals surface area contributed by atoms with Crippen molar-refractivity contribution in [3.8, 4) is 0 Å². The predicted molar refractivity (Wildman–Crippen MR) is 57.9 cm³/mol. The molecule has 0 saturated carbocycles. The first-order chi connectivity index (χ1) is 6.76. The van der Waals surface area contributed by atoms with Crippen LogP contribution in [0.3, 0.4) is 0 Å². The van der Waals surface area contributed by atoms with Crippen molar-refractivity contribution < 1.29 is 4.79 Å². The summed E-state index contributed by atoms with van der Waals surface area (Å²) in [4.78, 5) is 11.2. The zero-order chi connectivity index (χ0) is 10.4. The predicted octanol–water partition coefficient (Wildman–Crippen LogP) is 2.06. The normalized spacial score (nSPS) is 10.1. The number of carbonyl (C=O) groups is 1. The first-order valence-electron chi connectivity index (χ1n) is 4.44. The molecular formula is C8H12ClN3OS. The molecule has 0 fully saturated rings. The number of aryl methyl sites for hydroxylation is 1. The van der Waals surface area contributed by atoms with Gasteiger partial charge in [0.1, 0.15) is 5.01 Å². The molecule has 0 aliphatic carbocycles. The summed E-state index contributed by atoms with van der Waals surface area (Å²) >= 11 is 6.88. The van der Waals surface area contributed by atoms with Crippen molar-refractivity contribution >= 4 is 34.0 Å². The molecule has 0 saturated heterocycles. The van der Waals surface area contributed by atoms with Gasteiger partial charge in [0.2, 0.25) is 11.0 Å². The fourth-order valence-corrected chi connectivity index (χ4v) is 1.69. The highest BCUT2D eigenvalue weighted by molar-refractivity contribution is 7.15. The van der Waals surface area contributed by atoms with Gasteiger partial charge in [0.25, 0.3) is 0 Å². The van der Waals surface area contributed by atoms with Crippen molar-refractivity contribution in [2.45, 2.75) is 26.2 Å². The van der Waals surface area contributed by atoms with Crippen LogP contribution in [-0.4, -0.2) is 22.0 Å². The average Bonchev–Trinajstić information content (AvgIpc) is 2.62. The number of hydrogen-bond acceptors (Lipinski definition) is 4. The summed E-state index contributed by atoms with van der Waals surface area (Å²) in [6.45, 7) is 2.00. The highest BCUT2D eigenvalue weighted by Gasteiger charge is 2.06. The Hall–Kier alpha value is -0.680. The molecule has 1 aromatic heterocycles. The number of amides is 1. The molecule has 1 rings (SSSR count). The lowest BCUT2D eigenvalue weighted by Gasteiger charge is -1.97. The van der Waals surface area contributed by atoms with E-state index in [2.05, 4.69) is 15.5 Å². The Morgan fingerprint density at radius 2 is 2.36 bits per heavy atom. The van der Waals surface area contributed by atoms with E-state index < -0.39 is 0 Å². The van der Waals surface area contributed by atoms with Gasteiger partial charge >= 0.3 is 0 Å². The molecule has 1 aromatic rings. The fraction of sp³-hybridized carbons (Fsp3) is 0.625. The zero-order valence-electron chi connectivity index (χ0n) is 7.92. The number of nitrogens with one attached hydrogen (secondary N) is 1. The minimum absolute atomic E-state index is 0.0514. The summed E-state index contributed by atoms with van der Waals surface area (Å²) in [5.41, 5.74) is 0. The van der Waals surface area contributed by atoms with E-state index in [9.17, 15) is 4.79 Å². The number of alkyl halides is 1. The van der Waals surface area contributed by atoms with Crippen LogP contribution in [0.4, 0.5) is 5.13 Å². The van der Waals surface area contributed by atoms with Gasteiger partial charge in [0.15, 0.2) is 0 Å². The fourth-order valence-electron chi connectivity index (χ4n) is 0.856. The van der Waals surface area contributed by atoms with Crippen LogP contribution in [0.1, 0.15) is 24.8 Å². The van der Waals surface area contributed by atoms with Crippen molar-refractivity contribution in [3.05, 3.63) is 5.01 Å². The number of carbonyl (C=O) groups excluding carboxylic acids is 1. The summed E-state index contributed by atoms with van der Waals surface area (Å²) < 4.78 is 0. The Balaban J connectivity index is 2.39. The monoisotopic (exact) mass is 233 g/mol. The Labute approximate surface area is 91.7 Å². The lowest BCUT2D eigenvalue weighted by atomic mass is 10.3. The maximum atomic E-state index is 11.2. The van der Waals surface area contributed by atoms with Gasteiger partial charge in [-0.25, -0.2) is 0 Å². The molecular weight excluding hydrogens is 222 g/mol. The molecule has 0 aliphatic rings. The van der Waals surface area contributed by atoms with Gasteiger partial charge in [-0.05, 0) is 12.8 Å². The molecule has 6 heteroatoms. The van der Waals surface area contributed by atoms with Gasteiger partial charge in [0, 0.05) is 12.3 Å².